The molecular weight excluding hydrogens is 435 g/mol. The van der Waals surface area contributed by atoms with E-state index in [1.54, 1.807) is 21.7 Å². The standard InChI is InChI=1S/C25H25FN6O2/c1-17-11-18(2)13-21(12-17)32-24-22(14-28-32)25(34)31(16-27-24)15-23(33)30-9-7-29(8-10-30)20-5-3-19(26)4-6-20/h3-6,11-14,16H,7-10,15H2,1-2H3. The molecule has 8 nitrogen and oxygen atoms in total. The molecule has 0 aliphatic carbocycles. The lowest BCUT2D eigenvalue weighted by molar-refractivity contribution is -0.132. The number of piperazine rings is 1. The molecule has 0 N–H and O–H groups in total. The number of amides is 1. The van der Waals surface area contributed by atoms with E-state index in [2.05, 4.69) is 21.0 Å². The quantitative estimate of drug-likeness (QED) is 0.468. The van der Waals surface area contributed by atoms with Crippen LogP contribution in [0.15, 0.2) is 59.8 Å². The molecule has 174 valence electrons. The molecule has 2 aromatic heterocycles. The van der Waals surface area contributed by atoms with Crippen LogP contribution >= 0.6 is 0 Å². The highest BCUT2D eigenvalue weighted by Gasteiger charge is 2.22. The Balaban J connectivity index is 1.30. The molecule has 1 aliphatic heterocycles. The third kappa shape index (κ3) is 4.16. The van der Waals surface area contributed by atoms with Crippen molar-refractivity contribution in [1.82, 2.24) is 24.2 Å². The summed E-state index contributed by atoms with van der Waals surface area (Å²) in [6, 6.07) is 12.4. The molecule has 1 saturated heterocycles. The number of halogens is 1. The Morgan fingerprint density at radius 1 is 0.971 bits per heavy atom. The van der Waals surface area contributed by atoms with Crippen molar-refractivity contribution in [3.63, 3.8) is 0 Å². The Kier molecular flexibility index (Phi) is 5.61. The van der Waals surface area contributed by atoms with Crippen molar-refractivity contribution in [3.05, 3.63) is 82.3 Å². The fraction of sp³-hybridized carbons (Fsp3) is 0.280. The molecule has 2 aromatic carbocycles. The van der Waals surface area contributed by atoms with E-state index in [9.17, 15) is 14.0 Å². The zero-order chi connectivity index (χ0) is 23.8. The smallest absolute Gasteiger partial charge is 0.264 e. The predicted octanol–water partition coefficient (Wildman–Crippen LogP) is 2.69. The third-order valence-corrected chi connectivity index (χ3v) is 6.14. The molecule has 1 amide bonds. The van der Waals surface area contributed by atoms with Crippen LogP contribution in [0.3, 0.4) is 0 Å². The summed E-state index contributed by atoms with van der Waals surface area (Å²) in [6.45, 7) is 6.30. The summed E-state index contributed by atoms with van der Waals surface area (Å²) in [5.41, 5.74) is 4.13. The monoisotopic (exact) mass is 460 g/mol. The number of nitrogens with zero attached hydrogens (tertiary/aromatic N) is 6. The number of anilines is 1. The Morgan fingerprint density at radius 2 is 1.65 bits per heavy atom. The summed E-state index contributed by atoms with van der Waals surface area (Å²) in [5, 5.41) is 4.75. The van der Waals surface area contributed by atoms with Crippen LogP contribution in [0.25, 0.3) is 16.7 Å². The number of hydrogen-bond donors (Lipinski definition) is 0. The minimum atomic E-state index is -0.293. The van der Waals surface area contributed by atoms with Gasteiger partial charge in [0.25, 0.3) is 5.56 Å². The lowest BCUT2D eigenvalue weighted by Crippen LogP contribution is -2.50. The van der Waals surface area contributed by atoms with E-state index in [-0.39, 0.29) is 23.8 Å². The highest BCUT2D eigenvalue weighted by Crippen LogP contribution is 2.18. The van der Waals surface area contributed by atoms with Gasteiger partial charge in [0.2, 0.25) is 5.91 Å². The Bertz CT molecular complexity index is 1400. The van der Waals surface area contributed by atoms with Crippen LogP contribution < -0.4 is 10.5 Å². The van der Waals surface area contributed by atoms with Crippen LogP contribution in [0.4, 0.5) is 10.1 Å². The van der Waals surface area contributed by atoms with Gasteiger partial charge in [-0.25, -0.2) is 14.1 Å². The minimum Gasteiger partial charge on any atom is -0.368 e. The largest absolute Gasteiger partial charge is 0.368 e. The van der Waals surface area contributed by atoms with Gasteiger partial charge in [-0.15, -0.1) is 0 Å². The molecule has 0 unspecified atom stereocenters. The predicted molar refractivity (Wildman–Crippen MR) is 128 cm³/mol. The van der Waals surface area contributed by atoms with E-state index in [0.717, 1.165) is 22.5 Å². The van der Waals surface area contributed by atoms with Gasteiger partial charge < -0.3 is 9.80 Å². The first kappa shape index (κ1) is 21.8. The van der Waals surface area contributed by atoms with Crippen molar-refractivity contribution in [2.45, 2.75) is 20.4 Å². The topological polar surface area (TPSA) is 76.3 Å². The fourth-order valence-corrected chi connectivity index (χ4v) is 4.43. The lowest BCUT2D eigenvalue weighted by atomic mass is 10.1. The summed E-state index contributed by atoms with van der Waals surface area (Å²) < 4.78 is 16.2. The molecule has 5 rings (SSSR count). The zero-order valence-electron chi connectivity index (χ0n) is 19.1. The molecular formula is C25H25FN6O2. The van der Waals surface area contributed by atoms with Crippen molar-refractivity contribution >= 4 is 22.6 Å². The van der Waals surface area contributed by atoms with Gasteiger partial charge >= 0.3 is 0 Å². The first-order valence-electron chi connectivity index (χ1n) is 11.2. The molecule has 0 atom stereocenters. The van der Waals surface area contributed by atoms with Gasteiger partial charge in [0.05, 0.1) is 11.9 Å². The van der Waals surface area contributed by atoms with Crippen LogP contribution in [0.2, 0.25) is 0 Å². The number of carbonyl (C=O) groups excluding carboxylic acids is 1. The molecule has 1 aliphatic rings. The number of fused-ring (bicyclic) bond motifs is 1. The van der Waals surface area contributed by atoms with E-state index in [0.29, 0.717) is 37.2 Å². The second-order valence-electron chi connectivity index (χ2n) is 8.66. The second kappa shape index (κ2) is 8.74. The second-order valence-corrected chi connectivity index (χ2v) is 8.66. The summed E-state index contributed by atoms with van der Waals surface area (Å²) in [6.07, 6.45) is 2.92. The summed E-state index contributed by atoms with van der Waals surface area (Å²) in [7, 11) is 0. The van der Waals surface area contributed by atoms with Gasteiger partial charge in [-0.1, -0.05) is 6.07 Å². The van der Waals surface area contributed by atoms with Gasteiger partial charge in [0, 0.05) is 31.9 Å². The SMILES string of the molecule is Cc1cc(C)cc(-n2ncc3c(=O)n(CC(=O)N4CCN(c5ccc(F)cc5)CC4)cnc32)c1. The molecule has 4 aromatic rings. The third-order valence-electron chi connectivity index (χ3n) is 6.14. The van der Waals surface area contributed by atoms with Crippen LogP contribution in [-0.2, 0) is 11.3 Å². The molecule has 34 heavy (non-hydrogen) atoms. The van der Waals surface area contributed by atoms with Gasteiger partial charge in [-0.05, 0) is 61.4 Å². The molecule has 3 heterocycles. The molecule has 0 saturated carbocycles. The van der Waals surface area contributed by atoms with E-state index in [4.69, 9.17) is 0 Å². The van der Waals surface area contributed by atoms with Crippen LogP contribution in [0, 0.1) is 19.7 Å². The highest BCUT2D eigenvalue weighted by molar-refractivity contribution is 5.78. The minimum absolute atomic E-state index is 0.0763. The number of aromatic nitrogens is 4. The van der Waals surface area contributed by atoms with Gasteiger partial charge in [-0.3, -0.25) is 14.2 Å². The number of rotatable bonds is 4. The first-order chi connectivity index (χ1) is 16.4. The number of hydrogen-bond acceptors (Lipinski definition) is 5. The van der Waals surface area contributed by atoms with E-state index in [1.165, 1.54) is 29.2 Å². The van der Waals surface area contributed by atoms with Gasteiger partial charge in [0.1, 0.15) is 24.1 Å². The molecule has 1 fully saturated rings. The maximum Gasteiger partial charge on any atom is 0.264 e. The zero-order valence-corrected chi connectivity index (χ0v) is 19.1. The van der Waals surface area contributed by atoms with Crippen molar-refractivity contribution in [3.8, 4) is 5.69 Å². The van der Waals surface area contributed by atoms with E-state index in [1.807, 2.05) is 26.0 Å². The van der Waals surface area contributed by atoms with Crippen molar-refractivity contribution < 1.29 is 9.18 Å². The van der Waals surface area contributed by atoms with Gasteiger partial charge in [-0.2, -0.15) is 5.10 Å². The van der Waals surface area contributed by atoms with E-state index >= 15 is 0 Å². The Hall–Kier alpha value is -4.01. The normalized spacial score (nSPS) is 14.1. The molecule has 0 spiro atoms. The highest BCUT2D eigenvalue weighted by atomic mass is 19.1. The molecule has 9 heteroatoms. The number of benzene rings is 2. The van der Waals surface area contributed by atoms with Gasteiger partial charge in [0.15, 0.2) is 5.65 Å². The van der Waals surface area contributed by atoms with Crippen molar-refractivity contribution in [2.75, 3.05) is 31.1 Å². The average molecular weight is 461 g/mol. The summed E-state index contributed by atoms with van der Waals surface area (Å²) >= 11 is 0. The fourth-order valence-electron chi connectivity index (χ4n) is 4.43. The van der Waals surface area contributed by atoms with Crippen LogP contribution in [0.1, 0.15) is 11.1 Å². The molecule has 0 bridgehead atoms. The first-order valence-corrected chi connectivity index (χ1v) is 11.2. The van der Waals surface area contributed by atoms with Crippen molar-refractivity contribution in [2.24, 2.45) is 0 Å². The average Bonchev–Trinajstić information content (AvgIpc) is 3.26. The number of carbonyl (C=O) groups is 1. The summed E-state index contributed by atoms with van der Waals surface area (Å²) in [5.74, 6) is -0.406. The molecule has 0 radical (unpaired) electrons. The maximum atomic E-state index is 13.2. The Morgan fingerprint density at radius 3 is 2.32 bits per heavy atom. The van der Waals surface area contributed by atoms with E-state index < -0.39 is 0 Å². The van der Waals surface area contributed by atoms with Crippen LogP contribution in [0.5, 0.6) is 0 Å². The maximum absolute atomic E-state index is 13.2. The summed E-state index contributed by atoms with van der Waals surface area (Å²) in [4.78, 5) is 34.3. The van der Waals surface area contributed by atoms with Crippen LogP contribution in [-0.4, -0.2) is 56.3 Å². The number of aryl methyl sites for hydroxylation is 2. The lowest BCUT2D eigenvalue weighted by Gasteiger charge is -2.36. The Labute approximate surface area is 195 Å². The van der Waals surface area contributed by atoms with Crippen molar-refractivity contribution in [1.29, 1.82) is 0 Å².